The Kier molecular flexibility index (Phi) is 7.56. The molecule has 3 amide bonds. The highest BCUT2D eigenvalue weighted by molar-refractivity contribution is 6.53. The number of imide groups is 1. The lowest BCUT2D eigenvalue weighted by molar-refractivity contribution is -0.120. The highest BCUT2D eigenvalue weighted by Gasteiger charge is 2.39. The maximum atomic E-state index is 13.1. The van der Waals surface area contributed by atoms with E-state index in [1.807, 2.05) is 30.3 Å². The average Bonchev–Trinajstić information content (AvgIpc) is 3.15. The topological polar surface area (TPSA) is 87.7 Å². The van der Waals surface area contributed by atoms with Gasteiger partial charge in [0.2, 0.25) is 0 Å². The smallest absolute Gasteiger partial charge is 0.283 e. The lowest BCUT2D eigenvalue weighted by Crippen LogP contribution is -2.32. The van der Waals surface area contributed by atoms with Gasteiger partial charge in [0.05, 0.1) is 21.4 Å². The Hall–Kier alpha value is -4.30. The molecular formula is C29H18Cl3N3O4. The molecule has 1 aliphatic heterocycles. The van der Waals surface area contributed by atoms with Crippen LogP contribution >= 0.6 is 34.8 Å². The number of nitrogens with zero attached hydrogens (tertiary/aromatic N) is 1. The molecule has 0 radical (unpaired) electrons. The van der Waals surface area contributed by atoms with Gasteiger partial charge in [-0.25, -0.2) is 4.90 Å². The van der Waals surface area contributed by atoms with Crippen molar-refractivity contribution in [1.82, 2.24) is 0 Å². The first-order chi connectivity index (χ1) is 18.8. The molecule has 4 aromatic rings. The molecule has 0 unspecified atom stereocenters. The maximum Gasteiger partial charge on any atom is 0.283 e. The van der Waals surface area contributed by atoms with Crippen LogP contribution in [0.2, 0.25) is 10.0 Å². The van der Waals surface area contributed by atoms with E-state index in [1.54, 1.807) is 66.7 Å². The normalized spacial score (nSPS) is 13.1. The lowest BCUT2D eigenvalue weighted by atomic mass is 10.2. The molecule has 194 valence electrons. The third-order valence-electron chi connectivity index (χ3n) is 5.72. The Morgan fingerprint density at radius 1 is 0.718 bits per heavy atom. The lowest BCUT2D eigenvalue weighted by Gasteiger charge is -2.16. The predicted molar refractivity (Wildman–Crippen MR) is 153 cm³/mol. The van der Waals surface area contributed by atoms with E-state index in [0.717, 1.165) is 4.90 Å². The highest BCUT2D eigenvalue weighted by atomic mass is 35.5. The van der Waals surface area contributed by atoms with Crippen LogP contribution in [0, 0.1) is 0 Å². The largest absolute Gasteiger partial charge is 0.457 e. The minimum Gasteiger partial charge on any atom is -0.457 e. The molecule has 0 spiro atoms. The van der Waals surface area contributed by atoms with Gasteiger partial charge in [-0.1, -0.05) is 59.1 Å². The first-order valence-corrected chi connectivity index (χ1v) is 12.7. The number of hydrogen-bond acceptors (Lipinski definition) is 5. The van der Waals surface area contributed by atoms with Crippen LogP contribution in [-0.4, -0.2) is 17.7 Å². The zero-order valence-electron chi connectivity index (χ0n) is 20.0. The van der Waals surface area contributed by atoms with E-state index in [2.05, 4.69) is 10.6 Å². The molecule has 1 heterocycles. The Bertz CT molecular complexity index is 1610. The monoisotopic (exact) mass is 577 g/mol. The van der Waals surface area contributed by atoms with Gasteiger partial charge >= 0.3 is 0 Å². The molecule has 0 fully saturated rings. The third kappa shape index (κ3) is 5.61. The van der Waals surface area contributed by atoms with Crippen molar-refractivity contribution in [2.75, 3.05) is 15.5 Å². The van der Waals surface area contributed by atoms with Crippen LogP contribution in [0.5, 0.6) is 11.5 Å². The first kappa shape index (κ1) is 26.3. The Morgan fingerprint density at radius 2 is 1.38 bits per heavy atom. The number of anilines is 3. The molecule has 0 aliphatic carbocycles. The van der Waals surface area contributed by atoms with Crippen molar-refractivity contribution in [2.45, 2.75) is 0 Å². The third-order valence-corrected chi connectivity index (χ3v) is 6.89. The molecule has 0 aromatic heterocycles. The fourth-order valence-electron chi connectivity index (χ4n) is 3.78. The Labute approximate surface area is 238 Å². The van der Waals surface area contributed by atoms with E-state index in [9.17, 15) is 14.4 Å². The van der Waals surface area contributed by atoms with Crippen molar-refractivity contribution < 1.29 is 19.1 Å². The number of carbonyl (C=O) groups is 3. The summed E-state index contributed by atoms with van der Waals surface area (Å²) >= 11 is 18.4. The van der Waals surface area contributed by atoms with Gasteiger partial charge in [0.15, 0.2) is 0 Å². The standard InChI is InChI=1S/C29H18Cl3N3O4/c30-22-7-4-8-23(24(22)31)34-27(36)17-9-11-18(12-10-17)33-26-25(32)28(37)35(29(26)38)19-13-15-21(16-14-19)39-20-5-2-1-3-6-20/h1-16,33H,(H,34,36). The summed E-state index contributed by atoms with van der Waals surface area (Å²) in [5.74, 6) is -0.467. The molecule has 0 bridgehead atoms. The molecule has 0 saturated carbocycles. The number of para-hydroxylation sites is 1. The quantitative estimate of drug-likeness (QED) is 0.222. The molecular weight excluding hydrogens is 561 g/mol. The number of nitrogens with one attached hydrogen (secondary N) is 2. The van der Waals surface area contributed by atoms with Crippen molar-refractivity contribution in [3.63, 3.8) is 0 Å². The summed E-state index contributed by atoms with van der Waals surface area (Å²) < 4.78 is 5.76. The summed E-state index contributed by atoms with van der Waals surface area (Å²) in [6, 6.07) is 26.9. The number of carbonyl (C=O) groups excluding carboxylic acids is 3. The van der Waals surface area contributed by atoms with E-state index in [1.165, 1.54) is 0 Å². The highest BCUT2D eigenvalue weighted by Crippen LogP contribution is 2.33. The SMILES string of the molecule is O=C(Nc1cccc(Cl)c1Cl)c1ccc(NC2=C(Cl)C(=O)N(c3ccc(Oc4ccccc4)cc3)C2=O)cc1. The van der Waals surface area contributed by atoms with Gasteiger partial charge in [-0.05, 0) is 72.8 Å². The second kappa shape index (κ2) is 11.2. The molecule has 5 rings (SSSR count). The molecule has 1 aliphatic rings. The first-order valence-electron chi connectivity index (χ1n) is 11.6. The fourth-order valence-corrected chi connectivity index (χ4v) is 4.34. The number of rotatable bonds is 7. The van der Waals surface area contributed by atoms with Gasteiger partial charge in [-0.15, -0.1) is 0 Å². The fraction of sp³-hybridized carbons (Fsp3) is 0. The van der Waals surface area contributed by atoms with Gasteiger partial charge in [0, 0.05) is 11.3 Å². The summed E-state index contributed by atoms with van der Waals surface area (Å²) in [5, 5.41) is 5.90. The van der Waals surface area contributed by atoms with Gasteiger partial charge in [0.1, 0.15) is 22.2 Å². The molecule has 0 atom stereocenters. The Balaban J connectivity index is 1.26. The van der Waals surface area contributed by atoms with Gasteiger partial charge in [-0.3, -0.25) is 14.4 Å². The van der Waals surface area contributed by atoms with Crippen LogP contribution in [0.1, 0.15) is 10.4 Å². The van der Waals surface area contributed by atoms with Crippen LogP contribution in [0.4, 0.5) is 17.1 Å². The van der Waals surface area contributed by atoms with E-state index in [0.29, 0.717) is 39.1 Å². The van der Waals surface area contributed by atoms with Crippen LogP contribution in [0.25, 0.3) is 0 Å². The molecule has 7 nitrogen and oxygen atoms in total. The minimum absolute atomic E-state index is 0.0748. The van der Waals surface area contributed by atoms with Crippen LogP contribution in [-0.2, 0) is 9.59 Å². The van der Waals surface area contributed by atoms with Crippen molar-refractivity contribution in [3.8, 4) is 11.5 Å². The zero-order valence-corrected chi connectivity index (χ0v) is 22.2. The minimum atomic E-state index is -0.657. The summed E-state index contributed by atoms with van der Waals surface area (Å²) in [6.07, 6.45) is 0. The average molecular weight is 579 g/mol. The van der Waals surface area contributed by atoms with Gasteiger partial charge in [0.25, 0.3) is 17.7 Å². The second-order valence-corrected chi connectivity index (χ2v) is 9.46. The zero-order chi connectivity index (χ0) is 27.5. The number of benzene rings is 4. The number of halogens is 3. The van der Waals surface area contributed by atoms with Crippen molar-refractivity contribution >= 4 is 69.6 Å². The number of hydrogen-bond donors (Lipinski definition) is 2. The predicted octanol–water partition coefficient (Wildman–Crippen LogP) is 7.47. The summed E-state index contributed by atoms with van der Waals surface area (Å²) in [7, 11) is 0. The van der Waals surface area contributed by atoms with Gasteiger partial charge in [-0.2, -0.15) is 0 Å². The van der Waals surface area contributed by atoms with Crippen molar-refractivity contribution in [2.24, 2.45) is 0 Å². The molecule has 2 N–H and O–H groups in total. The van der Waals surface area contributed by atoms with Crippen LogP contribution in [0.15, 0.2) is 108 Å². The van der Waals surface area contributed by atoms with E-state index in [4.69, 9.17) is 39.5 Å². The molecule has 39 heavy (non-hydrogen) atoms. The summed E-state index contributed by atoms with van der Waals surface area (Å²) in [5.41, 5.74) is 1.43. The van der Waals surface area contributed by atoms with Crippen molar-refractivity contribution in [3.05, 3.63) is 123 Å². The van der Waals surface area contributed by atoms with E-state index >= 15 is 0 Å². The number of ether oxygens (including phenoxy) is 1. The molecule has 4 aromatic carbocycles. The Morgan fingerprint density at radius 3 is 2.08 bits per heavy atom. The second-order valence-electron chi connectivity index (χ2n) is 8.30. The maximum absolute atomic E-state index is 13.1. The van der Waals surface area contributed by atoms with Crippen LogP contribution < -0.4 is 20.3 Å². The number of amides is 3. The summed E-state index contributed by atoms with van der Waals surface area (Å²) in [4.78, 5) is 39.6. The van der Waals surface area contributed by atoms with Crippen LogP contribution in [0.3, 0.4) is 0 Å². The van der Waals surface area contributed by atoms with Gasteiger partial charge < -0.3 is 15.4 Å². The molecule has 10 heteroatoms. The van der Waals surface area contributed by atoms with E-state index in [-0.39, 0.29) is 15.8 Å². The van der Waals surface area contributed by atoms with E-state index < -0.39 is 17.7 Å². The molecule has 0 saturated heterocycles. The van der Waals surface area contributed by atoms with Crippen molar-refractivity contribution in [1.29, 1.82) is 0 Å². The summed E-state index contributed by atoms with van der Waals surface area (Å²) in [6.45, 7) is 0.